The average molecular weight is 348 g/mol. The van der Waals surface area contributed by atoms with E-state index in [0.717, 1.165) is 0 Å². The first-order valence-corrected chi connectivity index (χ1v) is 12.0. The van der Waals surface area contributed by atoms with E-state index < -0.39 is 0 Å². The maximum atomic E-state index is 3.44. The van der Waals surface area contributed by atoms with Crippen molar-refractivity contribution >= 4 is 21.8 Å². The molecule has 0 saturated carbocycles. The lowest BCUT2D eigenvalue weighted by molar-refractivity contribution is 0.535. The molecule has 0 saturated heterocycles. The molecule has 1 N–H and O–H groups in total. The quantitative estimate of drug-likeness (QED) is 0.154. The van der Waals surface area contributed by atoms with Crippen LogP contribution in [0, 0.1) is 0 Å². The van der Waals surface area contributed by atoms with E-state index in [9.17, 15) is 0 Å². The summed E-state index contributed by atoms with van der Waals surface area (Å²) in [6, 6.07) is 0. The second-order valence-corrected chi connectivity index (χ2v) is 9.39. The SMILES string of the molecule is CCCCCCCCCCCCCCCCNSSC(C)C. The van der Waals surface area contributed by atoms with Gasteiger partial charge in [-0.1, -0.05) is 115 Å². The van der Waals surface area contributed by atoms with Crippen molar-refractivity contribution in [2.24, 2.45) is 0 Å². The molecule has 0 aromatic carbocycles. The molecule has 0 fully saturated rings. The second-order valence-electron chi connectivity index (χ2n) is 6.72. The lowest BCUT2D eigenvalue weighted by Crippen LogP contribution is -2.04. The van der Waals surface area contributed by atoms with E-state index in [1.54, 1.807) is 0 Å². The predicted octanol–water partition coefficient (Wildman–Crippen LogP) is 7.76. The number of rotatable bonds is 18. The lowest BCUT2D eigenvalue weighted by Gasteiger charge is -2.05. The van der Waals surface area contributed by atoms with Crippen LogP contribution < -0.4 is 4.72 Å². The molecule has 0 radical (unpaired) electrons. The van der Waals surface area contributed by atoms with Crippen LogP contribution in [0.2, 0.25) is 0 Å². The van der Waals surface area contributed by atoms with Gasteiger partial charge in [-0.25, -0.2) is 0 Å². The average Bonchev–Trinajstić information content (AvgIpc) is 2.50. The standard InChI is InChI=1S/C19H41NS2/c1-4-5-6-7-8-9-10-11-12-13-14-15-16-17-18-20-22-21-19(2)3/h19-20H,4-18H2,1-3H3. The summed E-state index contributed by atoms with van der Waals surface area (Å²) in [5.41, 5.74) is 0. The molecule has 3 heteroatoms. The second kappa shape index (κ2) is 19.7. The van der Waals surface area contributed by atoms with E-state index in [1.807, 2.05) is 21.8 Å². The molecule has 0 aliphatic rings. The van der Waals surface area contributed by atoms with Gasteiger partial charge in [-0.15, -0.1) is 0 Å². The van der Waals surface area contributed by atoms with Crippen molar-refractivity contribution in [3.63, 3.8) is 0 Å². The van der Waals surface area contributed by atoms with E-state index in [2.05, 4.69) is 25.5 Å². The van der Waals surface area contributed by atoms with Crippen molar-refractivity contribution in [3.05, 3.63) is 0 Å². The summed E-state index contributed by atoms with van der Waals surface area (Å²) in [6.07, 6.45) is 20.2. The highest BCUT2D eigenvalue weighted by molar-refractivity contribution is 8.76. The molecule has 0 atom stereocenters. The van der Waals surface area contributed by atoms with Crippen LogP contribution in [0.25, 0.3) is 0 Å². The number of hydrogen-bond donors (Lipinski definition) is 1. The van der Waals surface area contributed by atoms with E-state index in [1.165, 1.54) is 96.4 Å². The van der Waals surface area contributed by atoms with Crippen molar-refractivity contribution < 1.29 is 0 Å². The first kappa shape index (κ1) is 22.7. The third-order valence-electron chi connectivity index (χ3n) is 3.93. The third kappa shape index (κ3) is 20.7. The van der Waals surface area contributed by atoms with E-state index in [-0.39, 0.29) is 0 Å². The Hall–Kier alpha value is 0.660. The van der Waals surface area contributed by atoms with Gasteiger partial charge >= 0.3 is 0 Å². The van der Waals surface area contributed by atoms with E-state index in [0.29, 0.717) is 5.25 Å². The zero-order chi connectivity index (χ0) is 16.3. The Labute approximate surface area is 149 Å². The molecular weight excluding hydrogens is 306 g/mol. The largest absolute Gasteiger partial charge is 0.255 e. The summed E-state index contributed by atoms with van der Waals surface area (Å²) in [5, 5.41) is 0.717. The van der Waals surface area contributed by atoms with Crippen LogP contribution >= 0.6 is 21.8 Å². The first-order chi connectivity index (χ1) is 10.8. The first-order valence-electron chi connectivity index (χ1n) is 9.82. The molecule has 0 heterocycles. The Bertz CT molecular complexity index is 198. The summed E-state index contributed by atoms with van der Waals surface area (Å²) in [4.78, 5) is 0. The minimum atomic E-state index is 0.717. The fraction of sp³-hybridized carbons (Fsp3) is 1.00. The fourth-order valence-electron chi connectivity index (χ4n) is 2.56. The Morgan fingerprint density at radius 2 is 1.05 bits per heavy atom. The predicted molar refractivity (Wildman–Crippen MR) is 109 cm³/mol. The highest BCUT2D eigenvalue weighted by Gasteiger charge is 1.96. The van der Waals surface area contributed by atoms with Crippen molar-refractivity contribution in [2.75, 3.05) is 6.54 Å². The van der Waals surface area contributed by atoms with Gasteiger partial charge < -0.3 is 0 Å². The summed E-state index contributed by atoms with van der Waals surface area (Å²) < 4.78 is 3.44. The van der Waals surface area contributed by atoms with Crippen molar-refractivity contribution in [1.82, 2.24) is 4.72 Å². The topological polar surface area (TPSA) is 12.0 Å². The van der Waals surface area contributed by atoms with Crippen LogP contribution in [-0.2, 0) is 0 Å². The number of nitrogens with one attached hydrogen (secondary N) is 1. The number of hydrogen-bond acceptors (Lipinski definition) is 3. The van der Waals surface area contributed by atoms with Crippen molar-refractivity contribution in [2.45, 2.75) is 116 Å². The van der Waals surface area contributed by atoms with Gasteiger partial charge in [-0.2, -0.15) is 0 Å². The smallest absolute Gasteiger partial charge is 0.0107 e. The molecule has 0 rings (SSSR count). The Morgan fingerprint density at radius 1 is 0.636 bits per heavy atom. The van der Waals surface area contributed by atoms with Gasteiger partial charge in [-0.3, -0.25) is 4.72 Å². The molecule has 1 nitrogen and oxygen atoms in total. The molecule has 0 aliphatic heterocycles. The highest BCUT2D eigenvalue weighted by Crippen LogP contribution is 2.22. The van der Waals surface area contributed by atoms with Crippen LogP contribution in [0.4, 0.5) is 0 Å². The van der Waals surface area contributed by atoms with Crippen LogP contribution in [0.5, 0.6) is 0 Å². The maximum absolute atomic E-state index is 3.44. The summed E-state index contributed by atoms with van der Waals surface area (Å²) >= 11 is 0. The van der Waals surface area contributed by atoms with Gasteiger partial charge in [0.05, 0.1) is 0 Å². The molecule has 0 aliphatic carbocycles. The minimum absolute atomic E-state index is 0.717. The molecular formula is C19H41NS2. The zero-order valence-corrected chi connectivity index (χ0v) is 17.1. The maximum Gasteiger partial charge on any atom is 0.0107 e. The van der Waals surface area contributed by atoms with E-state index in [4.69, 9.17) is 0 Å². The van der Waals surface area contributed by atoms with Crippen LogP contribution in [0.15, 0.2) is 0 Å². The summed E-state index contributed by atoms with van der Waals surface area (Å²) in [6.45, 7) is 7.95. The van der Waals surface area contributed by atoms with Crippen LogP contribution in [0.3, 0.4) is 0 Å². The third-order valence-corrected chi connectivity index (χ3v) is 6.53. The van der Waals surface area contributed by atoms with Crippen molar-refractivity contribution in [1.29, 1.82) is 0 Å². The Morgan fingerprint density at radius 3 is 1.45 bits per heavy atom. The fourth-order valence-corrected chi connectivity index (χ4v) is 4.08. The molecule has 0 spiro atoms. The van der Waals surface area contributed by atoms with E-state index >= 15 is 0 Å². The molecule has 0 aromatic rings. The molecule has 0 amide bonds. The monoisotopic (exact) mass is 347 g/mol. The van der Waals surface area contributed by atoms with Crippen molar-refractivity contribution in [3.8, 4) is 0 Å². The normalized spacial score (nSPS) is 11.5. The Kier molecular flexibility index (Phi) is 20.3. The zero-order valence-electron chi connectivity index (χ0n) is 15.5. The van der Waals surface area contributed by atoms with Gasteiger partial charge in [-0.05, 0) is 17.4 Å². The van der Waals surface area contributed by atoms with Gasteiger partial charge in [0.1, 0.15) is 0 Å². The molecule has 0 bridgehead atoms. The molecule has 22 heavy (non-hydrogen) atoms. The van der Waals surface area contributed by atoms with Gasteiger partial charge in [0.2, 0.25) is 0 Å². The van der Waals surface area contributed by atoms with Gasteiger partial charge in [0.15, 0.2) is 0 Å². The molecule has 0 unspecified atom stereocenters. The highest BCUT2D eigenvalue weighted by atomic mass is 33.1. The number of unbranched alkanes of at least 4 members (excludes halogenated alkanes) is 13. The van der Waals surface area contributed by atoms with Crippen LogP contribution in [0.1, 0.15) is 111 Å². The molecule has 134 valence electrons. The lowest BCUT2D eigenvalue weighted by atomic mass is 10.0. The van der Waals surface area contributed by atoms with Crippen LogP contribution in [-0.4, -0.2) is 11.8 Å². The van der Waals surface area contributed by atoms with Gasteiger partial charge in [0.25, 0.3) is 0 Å². The molecule has 0 aromatic heterocycles. The summed E-state index contributed by atoms with van der Waals surface area (Å²) in [7, 11) is 3.74. The van der Waals surface area contributed by atoms with Gasteiger partial charge in [0, 0.05) is 11.8 Å². The Balaban J connectivity index is 2.94. The summed E-state index contributed by atoms with van der Waals surface area (Å²) in [5.74, 6) is 0. The minimum Gasteiger partial charge on any atom is -0.255 e.